The van der Waals surface area contributed by atoms with Crippen LogP contribution in [0.25, 0.3) is 16.7 Å². The minimum Gasteiger partial charge on any atom is -0.337 e. The first-order valence-corrected chi connectivity index (χ1v) is 11.8. The summed E-state index contributed by atoms with van der Waals surface area (Å²) in [6.45, 7) is 6.96. The molecule has 0 spiro atoms. The van der Waals surface area contributed by atoms with E-state index in [2.05, 4.69) is 31.0 Å². The lowest BCUT2D eigenvalue weighted by Gasteiger charge is -2.39. The van der Waals surface area contributed by atoms with Gasteiger partial charge in [-0.3, -0.25) is 18.6 Å². The van der Waals surface area contributed by atoms with Gasteiger partial charge in [-0.25, -0.2) is 0 Å². The zero-order valence-electron chi connectivity index (χ0n) is 17.9. The lowest BCUT2D eigenvalue weighted by molar-refractivity contribution is -0.134. The van der Waals surface area contributed by atoms with Gasteiger partial charge in [0.2, 0.25) is 11.7 Å². The Morgan fingerprint density at radius 2 is 1.90 bits per heavy atom. The summed E-state index contributed by atoms with van der Waals surface area (Å²) in [6, 6.07) is 8.09. The molecule has 7 nitrogen and oxygen atoms in total. The number of nitrogens with zero attached hydrogens (tertiary/aromatic N) is 5. The summed E-state index contributed by atoms with van der Waals surface area (Å²) < 4.78 is 3.63. The molecule has 0 N–H and O–H groups in total. The SMILES string of the molecule is CCCCn1c(=O)c2ccccc2n2c(SCC(=O)N3[C@H](C)CCC[C@@H]3C)nnc12. The number of benzene rings is 1. The second-order valence-corrected chi connectivity index (χ2v) is 9.11. The van der Waals surface area contributed by atoms with Gasteiger partial charge < -0.3 is 4.90 Å². The first-order chi connectivity index (χ1) is 14.5. The van der Waals surface area contributed by atoms with E-state index in [1.54, 1.807) is 4.57 Å². The van der Waals surface area contributed by atoms with Crippen molar-refractivity contribution in [1.29, 1.82) is 0 Å². The Balaban J connectivity index is 1.69. The predicted molar refractivity (Wildman–Crippen MR) is 120 cm³/mol. The molecule has 1 saturated heterocycles. The number of rotatable bonds is 6. The van der Waals surface area contributed by atoms with Gasteiger partial charge in [0.25, 0.3) is 5.56 Å². The van der Waals surface area contributed by atoms with Crippen LogP contribution in [0.15, 0.2) is 34.2 Å². The van der Waals surface area contributed by atoms with Crippen LogP contribution in [-0.4, -0.2) is 47.8 Å². The van der Waals surface area contributed by atoms with Gasteiger partial charge in [-0.1, -0.05) is 37.2 Å². The van der Waals surface area contributed by atoms with Gasteiger partial charge in [-0.05, 0) is 51.7 Å². The van der Waals surface area contributed by atoms with Crippen molar-refractivity contribution in [3.8, 4) is 0 Å². The summed E-state index contributed by atoms with van der Waals surface area (Å²) in [4.78, 5) is 28.0. The molecule has 2 aromatic heterocycles. The van der Waals surface area contributed by atoms with Crippen LogP contribution in [0.5, 0.6) is 0 Å². The predicted octanol–water partition coefficient (Wildman–Crippen LogP) is 3.73. The fourth-order valence-corrected chi connectivity index (χ4v) is 5.27. The summed E-state index contributed by atoms with van der Waals surface area (Å²) in [6.07, 6.45) is 5.18. The van der Waals surface area contributed by atoms with Crippen LogP contribution in [0, 0.1) is 0 Å². The molecular formula is C22H29N5O2S. The largest absolute Gasteiger partial charge is 0.337 e. The molecule has 160 valence electrons. The summed E-state index contributed by atoms with van der Waals surface area (Å²) in [7, 11) is 0. The van der Waals surface area contributed by atoms with Crippen LogP contribution < -0.4 is 5.56 Å². The van der Waals surface area contributed by atoms with E-state index in [4.69, 9.17) is 0 Å². The van der Waals surface area contributed by atoms with Gasteiger partial charge in [0, 0.05) is 18.6 Å². The maximum absolute atomic E-state index is 13.0. The number of unbranched alkanes of at least 4 members (excludes halogenated alkanes) is 1. The van der Waals surface area contributed by atoms with Crippen molar-refractivity contribution in [3.05, 3.63) is 34.6 Å². The van der Waals surface area contributed by atoms with E-state index < -0.39 is 0 Å². The van der Waals surface area contributed by atoms with E-state index in [0.29, 0.717) is 28.6 Å². The molecule has 2 atom stereocenters. The van der Waals surface area contributed by atoms with Gasteiger partial charge in [0.05, 0.1) is 16.7 Å². The number of para-hydroxylation sites is 1. The smallest absolute Gasteiger partial charge is 0.262 e. The number of hydrogen-bond donors (Lipinski definition) is 0. The Hall–Kier alpha value is -2.35. The van der Waals surface area contributed by atoms with Crippen LogP contribution in [0.2, 0.25) is 0 Å². The molecular weight excluding hydrogens is 398 g/mol. The highest BCUT2D eigenvalue weighted by molar-refractivity contribution is 7.99. The summed E-state index contributed by atoms with van der Waals surface area (Å²) in [5, 5.41) is 9.98. The molecule has 0 aliphatic carbocycles. The third kappa shape index (κ3) is 3.73. The Labute approximate surface area is 180 Å². The molecule has 1 amide bonds. The topological polar surface area (TPSA) is 72.5 Å². The van der Waals surface area contributed by atoms with Crippen molar-refractivity contribution in [2.45, 2.75) is 76.7 Å². The standard InChI is InChI=1S/C22H29N5O2S/c1-4-5-13-25-20(29)17-11-6-7-12-18(17)27-21(25)23-24-22(27)30-14-19(28)26-15(2)9-8-10-16(26)3/h6-7,11-12,15-16H,4-5,8-10,13-14H2,1-3H3/t15-,16+. The van der Waals surface area contributed by atoms with Crippen LogP contribution >= 0.6 is 11.8 Å². The molecule has 0 saturated carbocycles. The minimum absolute atomic E-state index is 0.0393. The van der Waals surface area contributed by atoms with Crippen LogP contribution in [-0.2, 0) is 11.3 Å². The zero-order valence-corrected chi connectivity index (χ0v) is 18.7. The molecule has 4 rings (SSSR count). The van der Waals surface area contributed by atoms with E-state index in [0.717, 1.165) is 31.2 Å². The number of amides is 1. The van der Waals surface area contributed by atoms with Crippen molar-refractivity contribution in [1.82, 2.24) is 24.1 Å². The highest BCUT2D eigenvalue weighted by atomic mass is 32.2. The number of thioether (sulfide) groups is 1. The number of likely N-dealkylation sites (tertiary alicyclic amines) is 1. The van der Waals surface area contributed by atoms with Gasteiger partial charge in [0.1, 0.15) is 0 Å². The molecule has 1 aromatic carbocycles. The highest BCUT2D eigenvalue weighted by Gasteiger charge is 2.29. The van der Waals surface area contributed by atoms with Gasteiger partial charge >= 0.3 is 0 Å². The normalized spacial score (nSPS) is 19.6. The molecule has 3 heterocycles. The Kier molecular flexibility index (Phi) is 6.13. The van der Waals surface area contributed by atoms with Gasteiger partial charge in [0.15, 0.2) is 5.16 Å². The molecule has 3 aromatic rings. The van der Waals surface area contributed by atoms with E-state index in [-0.39, 0.29) is 23.6 Å². The van der Waals surface area contributed by atoms with E-state index in [1.807, 2.05) is 33.6 Å². The molecule has 0 bridgehead atoms. The fraction of sp³-hybridized carbons (Fsp3) is 0.545. The lowest BCUT2D eigenvalue weighted by atomic mass is 9.98. The molecule has 1 aliphatic rings. The number of hydrogen-bond acceptors (Lipinski definition) is 5. The summed E-state index contributed by atoms with van der Waals surface area (Å²) in [5.74, 6) is 1.000. The van der Waals surface area contributed by atoms with Crippen molar-refractivity contribution in [3.63, 3.8) is 0 Å². The van der Waals surface area contributed by atoms with E-state index >= 15 is 0 Å². The molecule has 30 heavy (non-hydrogen) atoms. The lowest BCUT2D eigenvalue weighted by Crippen LogP contribution is -2.48. The Morgan fingerprint density at radius 3 is 2.63 bits per heavy atom. The molecule has 1 aliphatic heterocycles. The monoisotopic (exact) mass is 427 g/mol. The average Bonchev–Trinajstić information content (AvgIpc) is 3.16. The first-order valence-electron chi connectivity index (χ1n) is 10.8. The minimum atomic E-state index is -0.0393. The number of carbonyl (C=O) groups excluding carboxylic acids is 1. The third-order valence-electron chi connectivity index (χ3n) is 6.02. The zero-order chi connectivity index (χ0) is 21.3. The molecule has 0 unspecified atom stereocenters. The fourth-order valence-electron chi connectivity index (χ4n) is 4.46. The quantitative estimate of drug-likeness (QED) is 0.561. The molecule has 8 heteroatoms. The van der Waals surface area contributed by atoms with E-state index in [1.165, 1.54) is 18.2 Å². The van der Waals surface area contributed by atoms with Crippen molar-refractivity contribution in [2.75, 3.05) is 5.75 Å². The number of carbonyl (C=O) groups is 1. The average molecular weight is 428 g/mol. The van der Waals surface area contributed by atoms with Crippen molar-refractivity contribution >= 4 is 34.3 Å². The number of piperidine rings is 1. The second-order valence-electron chi connectivity index (χ2n) is 8.16. The summed E-state index contributed by atoms with van der Waals surface area (Å²) in [5.41, 5.74) is 0.743. The first kappa shape index (κ1) is 20.9. The van der Waals surface area contributed by atoms with Crippen LogP contribution in [0.1, 0.15) is 52.9 Å². The summed E-state index contributed by atoms with van der Waals surface area (Å²) >= 11 is 1.40. The second kappa shape index (κ2) is 8.79. The Morgan fingerprint density at radius 1 is 1.17 bits per heavy atom. The molecule has 0 radical (unpaired) electrons. The van der Waals surface area contributed by atoms with E-state index in [9.17, 15) is 9.59 Å². The third-order valence-corrected chi connectivity index (χ3v) is 6.93. The maximum atomic E-state index is 13.0. The highest BCUT2D eigenvalue weighted by Crippen LogP contribution is 2.26. The maximum Gasteiger partial charge on any atom is 0.262 e. The van der Waals surface area contributed by atoms with Crippen molar-refractivity contribution < 1.29 is 4.79 Å². The number of aromatic nitrogens is 4. The van der Waals surface area contributed by atoms with Gasteiger partial charge in [-0.15, -0.1) is 10.2 Å². The van der Waals surface area contributed by atoms with Crippen LogP contribution in [0.4, 0.5) is 0 Å². The Bertz CT molecular complexity index is 1110. The van der Waals surface area contributed by atoms with Crippen molar-refractivity contribution in [2.24, 2.45) is 0 Å². The van der Waals surface area contributed by atoms with Gasteiger partial charge in [-0.2, -0.15) is 0 Å². The number of fused-ring (bicyclic) bond motifs is 3. The van der Waals surface area contributed by atoms with Crippen LogP contribution in [0.3, 0.4) is 0 Å². The number of aryl methyl sites for hydroxylation is 1. The molecule has 1 fully saturated rings.